The summed E-state index contributed by atoms with van der Waals surface area (Å²) in [6, 6.07) is 0. The van der Waals surface area contributed by atoms with Crippen LogP contribution in [0.25, 0.3) is 0 Å². The lowest BCUT2D eigenvalue weighted by Gasteiger charge is -2.58. The molecule has 2 atom stereocenters. The summed E-state index contributed by atoms with van der Waals surface area (Å²) in [5.41, 5.74) is -1.63. The number of hydrogen-bond acceptors (Lipinski definition) is 6. The van der Waals surface area contributed by atoms with Crippen LogP contribution >= 0.6 is 0 Å². The van der Waals surface area contributed by atoms with Gasteiger partial charge in [0.25, 0.3) is 0 Å². The van der Waals surface area contributed by atoms with Crippen molar-refractivity contribution in [3.05, 3.63) is 0 Å². The Bertz CT molecular complexity index is 724. The minimum absolute atomic E-state index is 0.177. The lowest BCUT2D eigenvalue weighted by atomic mass is 9.48. The highest BCUT2D eigenvalue weighted by atomic mass is 32.2. The molecule has 11 heteroatoms. The van der Waals surface area contributed by atoms with Gasteiger partial charge in [-0.2, -0.15) is 17.6 Å². The first-order valence-electron chi connectivity index (χ1n) is 9.30. The van der Waals surface area contributed by atoms with Crippen molar-refractivity contribution in [2.24, 2.45) is 17.3 Å². The molecule has 6 nitrogen and oxygen atoms in total. The van der Waals surface area contributed by atoms with Gasteiger partial charge in [-0.15, -0.1) is 0 Å². The van der Waals surface area contributed by atoms with Gasteiger partial charge in [-0.25, -0.2) is 8.42 Å². The first kappa shape index (κ1) is 21.8. The van der Waals surface area contributed by atoms with E-state index >= 15 is 0 Å². The van der Waals surface area contributed by atoms with Crippen LogP contribution < -0.4 is 0 Å². The molecule has 0 radical (unpaired) electrons. The SMILES string of the molecule is O=C(OCCCCC(F)(F)C(F)(F)S(=O)(=O)[O-])C12CC3CC(CC(O)(C3)C1)C2. The number of halogens is 4. The van der Waals surface area contributed by atoms with Crippen LogP contribution in [-0.2, 0) is 19.6 Å². The Morgan fingerprint density at radius 2 is 1.68 bits per heavy atom. The van der Waals surface area contributed by atoms with E-state index in [1.165, 1.54) is 0 Å². The molecule has 4 aliphatic rings. The quantitative estimate of drug-likeness (QED) is 0.274. The first-order chi connectivity index (χ1) is 12.7. The zero-order valence-corrected chi connectivity index (χ0v) is 16.0. The fourth-order valence-corrected chi connectivity index (χ4v) is 6.02. The maximum absolute atomic E-state index is 13.4. The molecule has 4 bridgehead atoms. The highest BCUT2D eigenvalue weighted by molar-refractivity contribution is 7.86. The Morgan fingerprint density at radius 1 is 1.11 bits per heavy atom. The van der Waals surface area contributed by atoms with Crippen LogP contribution in [0.1, 0.15) is 57.8 Å². The van der Waals surface area contributed by atoms with Gasteiger partial charge in [0, 0.05) is 6.42 Å². The van der Waals surface area contributed by atoms with Crippen LogP contribution in [0.5, 0.6) is 0 Å². The number of unbranched alkanes of at least 4 members (excludes halogenated alkanes) is 1. The van der Waals surface area contributed by atoms with E-state index in [-0.39, 0.29) is 24.9 Å². The molecule has 28 heavy (non-hydrogen) atoms. The Kier molecular flexibility index (Phi) is 5.28. The predicted octanol–water partition coefficient (Wildman–Crippen LogP) is 2.80. The first-order valence-corrected chi connectivity index (χ1v) is 10.7. The van der Waals surface area contributed by atoms with Gasteiger partial charge in [0.15, 0.2) is 10.1 Å². The Balaban J connectivity index is 1.48. The molecule has 0 heterocycles. The maximum Gasteiger partial charge on any atom is 0.396 e. The summed E-state index contributed by atoms with van der Waals surface area (Å²) in [4.78, 5) is 12.6. The van der Waals surface area contributed by atoms with E-state index in [9.17, 15) is 40.4 Å². The average molecular weight is 431 g/mol. The molecule has 4 fully saturated rings. The lowest BCUT2D eigenvalue weighted by Crippen LogP contribution is -2.58. The van der Waals surface area contributed by atoms with Gasteiger partial charge in [0.1, 0.15) is 0 Å². The molecule has 1 N–H and O–H groups in total. The van der Waals surface area contributed by atoms with E-state index in [0.717, 1.165) is 6.42 Å². The highest BCUT2D eigenvalue weighted by Crippen LogP contribution is 2.62. The number of alkyl halides is 4. The van der Waals surface area contributed by atoms with Gasteiger partial charge in [-0.05, 0) is 63.2 Å². The number of carbonyl (C=O) groups is 1. The summed E-state index contributed by atoms with van der Waals surface area (Å²) >= 11 is 0. The zero-order chi connectivity index (χ0) is 21.0. The number of carbonyl (C=O) groups excluding carboxylic acids is 1. The van der Waals surface area contributed by atoms with Crippen LogP contribution in [0.15, 0.2) is 0 Å². The van der Waals surface area contributed by atoms with E-state index < -0.39 is 51.1 Å². The summed E-state index contributed by atoms with van der Waals surface area (Å²) in [5.74, 6) is -4.98. The van der Waals surface area contributed by atoms with E-state index in [2.05, 4.69) is 0 Å². The third-order valence-corrected chi connectivity index (χ3v) is 7.25. The van der Waals surface area contributed by atoms with Crippen LogP contribution in [0.4, 0.5) is 17.6 Å². The number of ether oxygens (including phenoxy) is 1. The van der Waals surface area contributed by atoms with Gasteiger partial charge in [0.05, 0.1) is 17.6 Å². The summed E-state index contributed by atoms with van der Waals surface area (Å²) in [6.45, 7) is -0.278. The Morgan fingerprint density at radius 3 is 2.18 bits per heavy atom. The standard InChI is InChI=1S/C17H24F4O6S/c18-16(19,17(20,21)28(24,25)26)3-1-2-4-27-13(22)14-6-11-5-12(7-14)9-15(23,8-11)10-14/h11-12,23H,1-10H2,(H,24,25,26)/p-1. The second kappa shape index (κ2) is 6.80. The van der Waals surface area contributed by atoms with Gasteiger partial charge in [-0.1, -0.05) is 0 Å². The number of rotatable bonds is 8. The molecule has 162 valence electrons. The van der Waals surface area contributed by atoms with Crippen LogP contribution in [0.3, 0.4) is 0 Å². The van der Waals surface area contributed by atoms with E-state index in [1.807, 2.05) is 0 Å². The van der Waals surface area contributed by atoms with Crippen molar-refractivity contribution in [1.29, 1.82) is 0 Å². The second-order valence-electron chi connectivity index (χ2n) is 8.73. The molecule has 0 amide bonds. The van der Waals surface area contributed by atoms with Crippen molar-refractivity contribution >= 4 is 16.1 Å². The lowest BCUT2D eigenvalue weighted by molar-refractivity contribution is -0.196. The molecule has 4 aliphatic carbocycles. The molecule has 0 aromatic rings. The van der Waals surface area contributed by atoms with Crippen molar-refractivity contribution in [2.75, 3.05) is 6.61 Å². The largest absolute Gasteiger partial charge is 0.743 e. The van der Waals surface area contributed by atoms with E-state index in [4.69, 9.17) is 4.74 Å². The maximum atomic E-state index is 13.4. The molecule has 2 unspecified atom stereocenters. The number of esters is 1. The number of hydrogen-bond donors (Lipinski definition) is 1. The molecule has 4 saturated carbocycles. The molecule has 0 saturated heterocycles. The second-order valence-corrected chi connectivity index (χ2v) is 10.2. The Hall–Kier alpha value is -0.940. The van der Waals surface area contributed by atoms with Crippen molar-refractivity contribution in [2.45, 2.75) is 74.6 Å². The number of aliphatic hydroxyl groups is 1. The fraction of sp³-hybridized carbons (Fsp3) is 0.941. The summed E-state index contributed by atoms with van der Waals surface area (Å²) < 4.78 is 89.0. The van der Waals surface area contributed by atoms with Crippen LogP contribution in [-0.4, -0.2) is 47.4 Å². The van der Waals surface area contributed by atoms with Crippen molar-refractivity contribution in [1.82, 2.24) is 0 Å². The van der Waals surface area contributed by atoms with E-state index in [1.54, 1.807) is 0 Å². The van der Waals surface area contributed by atoms with Gasteiger partial charge >= 0.3 is 17.1 Å². The van der Waals surface area contributed by atoms with Crippen molar-refractivity contribution in [3.63, 3.8) is 0 Å². The van der Waals surface area contributed by atoms with Crippen molar-refractivity contribution in [3.8, 4) is 0 Å². The van der Waals surface area contributed by atoms with E-state index in [0.29, 0.717) is 32.1 Å². The molecule has 0 aromatic heterocycles. The monoisotopic (exact) mass is 431 g/mol. The zero-order valence-electron chi connectivity index (χ0n) is 15.1. The molecule has 0 aliphatic heterocycles. The third kappa shape index (κ3) is 3.77. The summed E-state index contributed by atoms with van der Waals surface area (Å²) in [6.07, 6.45) is 1.63. The van der Waals surface area contributed by atoms with Gasteiger partial charge < -0.3 is 14.4 Å². The molecule has 4 rings (SSSR count). The van der Waals surface area contributed by atoms with Crippen LogP contribution in [0.2, 0.25) is 0 Å². The highest BCUT2D eigenvalue weighted by Gasteiger charge is 2.62. The topological polar surface area (TPSA) is 104 Å². The molecular weight excluding hydrogens is 408 g/mol. The molecule has 0 spiro atoms. The average Bonchev–Trinajstić information content (AvgIpc) is 2.50. The smallest absolute Gasteiger partial charge is 0.396 e. The molecular formula is C17H23F4O6S-. The normalized spacial score (nSPS) is 35.2. The van der Waals surface area contributed by atoms with Crippen molar-refractivity contribution < 1.29 is 45.2 Å². The summed E-state index contributed by atoms with van der Waals surface area (Å²) in [5, 5.41) is 4.93. The molecule has 0 aromatic carbocycles. The predicted molar refractivity (Wildman–Crippen MR) is 86.5 cm³/mol. The van der Waals surface area contributed by atoms with Gasteiger partial charge in [0.2, 0.25) is 0 Å². The van der Waals surface area contributed by atoms with Gasteiger partial charge in [-0.3, -0.25) is 4.79 Å². The summed E-state index contributed by atoms with van der Waals surface area (Å²) in [7, 11) is -6.49. The minimum atomic E-state index is -6.49. The Labute approximate surface area is 160 Å². The third-order valence-electron chi connectivity index (χ3n) is 6.32. The van der Waals surface area contributed by atoms with Crippen LogP contribution in [0, 0.1) is 17.3 Å². The fourth-order valence-electron chi connectivity index (χ4n) is 5.55. The minimum Gasteiger partial charge on any atom is -0.743 e.